The molecule has 1 aromatic heterocycles. The minimum atomic E-state index is 0.157. The lowest BCUT2D eigenvalue weighted by atomic mass is 9.87. The van der Waals surface area contributed by atoms with Crippen LogP contribution in [0.25, 0.3) is 10.8 Å². The van der Waals surface area contributed by atoms with Crippen LogP contribution in [0.2, 0.25) is 0 Å². The number of rotatable bonds is 4. The van der Waals surface area contributed by atoms with Gasteiger partial charge in [-0.2, -0.15) is 0 Å². The maximum atomic E-state index is 6.11. The van der Waals surface area contributed by atoms with E-state index in [4.69, 9.17) is 4.74 Å². The van der Waals surface area contributed by atoms with E-state index in [1.807, 2.05) is 6.20 Å². The molecule has 0 amide bonds. The topological polar surface area (TPSA) is 22.1 Å². The molecule has 1 fully saturated rings. The number of nitrogens with zero attached hydrogens (tertiary/aromatic N) is 1. The number of hydrogen-bond donors (Lipinski definition) is 0. The van der Waals surface area contributed by atoms with Crippen LogP contribution in [0.4, 0.5) is 0 Å². The molecule has 0 spiro atoms. The third-order valence-corrected chi connectivity index (χ3v) is 5.73. The van der Waals surface area contributed by atoms with Gasteiger partial charge in [0.15, 0.2) is 0 Å². The van der Waals surface area contributed by atoms with E-state index in [0.29, 0.717) is 0 Å². The van der Waals surface area contributed by atoms with E-state index in [-0.39, 0.29) is 5.41 Å². The molecule has 3 aromatic rings. The molecule has 0 N–H and O–H groups in total. The van der Waals surface area contributed by atoms with Gasteiger partial charge in [0.1, 0.15) is 11.5 Å². The normalized spacial score (nSPS) is 15.4. The number of fused-ring (bicyclic) bond motifs is 1. The van der Waals surface area contributed by atoms with Crippen molar-refractivity contribution in [3.8, 4) is 11.5 Å². The van der Waals surface area contributed by atoms with Gasteiger partial charge < -0.3 is 4.74 Å². The molecule has 2 heteroatoms. The van der Waals surface area contributed by atoms with Crippen LogP contribution in [-0.2, 0) is 11.8 Å². The maximum absolute atomic E-state index is 6.11. The highest BCUT2D eigenvalue weighted by Gasteiger charge is 2.17. The van der Waals surface area contributed by atoms with Crippen molar-refractivity contribution in [3.05, 3.63) is 66.0 Å². The molecule has 1 aliphatic rings. The first-order valence-corrected chi connectivity index (χ1v) is 10.1. The summed E-state index contributed by atoms with van der Waals surface area (Å²) in [5.74, 6) is 2.56. The zero-order valence-electron chi connectivity index (χ0n) is 16.7. The average molecular weight is 360 g/mol. The zero-order valence-corrected chi connectivity index (χ0v) is 16.7. The van der Waals surface area contributed by atoms with Gasteiger partial charge in [-0.05, 0) is 65.1 Å². The van der Waals surface area contributed by atoms with Gasteiger partial charge in [0.2, 0.25) is 0 Å². The van der Waals surface area contributed by atoms with E-state index >= 15 is 0 Å². The lowest BCUT2D eigenvalue weighted by Gasteiger charge is -2.19. The Balaban J connectivity index is 1.55. The molecule has 0 unspecified atom stereocenters. The molecule has 27 heavy (non-hydrogen) atoms. The van der Waals surface area contributed by atoms with Gasteiger partial charge in [-0.15, -0.1) is 0 Å². The Labute approximate surface area is 162 Å². The molecule has 140 valence electrons. The van der Waals surface area contributed by atoms with Crippen molar-refractivity contribution in [3.63, 3.8) is 0 Å². The first-order chi connectivity index (χ1) is 13.0. The molecule has 2 aromatic carbocycles. The number of hydrogen-bond acceptors (Lipinski definition) is 2. The molecule has 0 aliphatic heterocycles. The number of ether oxygens (including phenoxy) is 1. The van der Waals surface area contributed by atoms with Gasteiger partial charge in [-0.25, -0.2) is 0 Å². The van der Waals surface area contributed by atoms with Crippen molar-refractivity contribution in [1.82, 2.24) is 4.98 Å². The van der Waals surface area contributed by atoms with E-state index in [0.717, 1.165) is 23.8 Å². The monoisotopic (exact) mass is 359 g/mol. The number of benzene rings is 2. The molecule has 0 atom stereocenters. The minimum Gasteiger partial charge on any atom is -0.457 e. The van der Waals surface area contributed by atoms with Gasteiger partial charge >= 0.3 is 0 Å². The van der Waals surface area contributed by atoms with E-state index < -0.39 is 0 Å². The fourth-order valence-electron chi connectivity index (χ4n) is 4.09. The van der Waals surface area contributed by atoms with Crippen LogP contribution in [0, 0.1) is 5.92 Å². The summed E-state index contributed by atoms with van der Waals surface area (Å²) in [6.07, 6.45) is 8.50. The minimum absolute atomic E-state index is 0.157. The first-order valence-electron chi connectivity index (χ1n) is 10.1. The van der Waals surface area contributed by atoms with Crippen LogP contribution in [0.15, 0.2) is 54.7 Å². The standard InChI is InChI=1S/C25H29NO/c1-25(2,3)20-8-10-21(11-9-20)27-22-12-13-23-19(17-22)14-15-26-24(23)16-18-6-4-5-7-18/h8-15,17-18H,4-7,16H2,1-3H3. The predicted molar refractivity (Wildman–Crippen MR) is 113 cm³/mol. The SMILES string of the molecule is CC(C)(C)c1ccc(Oc2ccc3c(CC4CCCC4)nccc3c2)cc1. The van der Waals surface area contributed by atoms with Gasteiger partial charge in [0.05, 0.1) is 0 Å². The zero-order chi connectivity index (χ0) is 18.9. The Kier molecular flexibility index (Phi) is 4.90. The Hall–Kier alpha value is -2.35. The predicted octanol–water partition coefficient (Wildman–Crippen LogP) is 7.06. The lowest BCUT2D eigenvalue weighted by Crippen LogP contribution is -2.10. The van der Waals surface area contributed by atoms with Crippen molar-refractivity contribution in [2.45, 2.75) is 58.3 Å². The van der Waals surface area contributed by atoms with Gasteiger partial charge in [0.25, 0.3) is 0 Å². The molecule has 0 radical (unpaired) electrons. The van der Waals surface area contributed by atoms with Crippen molar-refractivity contribution < 1.29 is 4.74 Å². The summed E-state index contributed by atoms with van der Waals surface area (Å²) in [5.41, 5.74) is 2.71. The van der Waals surface area contributed by atoms with Crippen LogP contribution in [0.3, 0.4) is 0 Å². The molecule has 1 saturated carbocycles. The molecule has 1 aliphatic carbocycles. The fraction of sp³-hybridized carbons (Fsp3) is 0.400. The van der Waals surface area contributed by atoms with E-state index in [9.17, 15) is 0 Å². The first kappa shape index (κ1) is 18.0. The van der Waals surface area contributed by atoms with Crippen molar-refractivity contribution in [2.75, 3.05) is 0 Å². The summed E-state index contributed by atoms with van der Waals surface area (Å²) in [6.45, 7) is 6.68. The Morgan fingerprint density at radius 2 is 1.63 bits per heavy atom. The molecule has 4 rings (SSSR count). The summed E-state index contributed by atoms with van der Waals surface area (Å²) < 4.78 is 6.11. The largest absolute Gasteiger partial charge is 0.457 e. The fourth-order valence-corrected chi connectivity index (χ4v) is 4.09. The molecular formula is C25H29NO. The molecule has 0 bridgehead atoms. The van der Waals surface area contributed by atoms with Crippen LogP contribution in [0.5, 0.6) is 11.5 Å². The quantitative estimate of drug-likeness (QED) is 0.497. The Morgan fingerprint density at radius 1 is 0.926 bits per heavy atom. The lowest BCUT2D eigenvalue weighted by molar-refractivity contribution is 0.482. The second-order valence-corrected chi connectivity index (χ2v) is 8.87. The van der Waals surface area contributed by atoms with Crippen molar-refractivity contribution >= 4 is 10.8 Å². The second-order valence-electron chi connectivity index (χ2n) is 8.87. The van der Waals surface area contributed by atoms with Crippen molar-refractivity contribution in [2.24, 2.45) is 5.92 Å². The van der Waals surface area contributed by atoms with Crippen LogP contribution < -0.4 is 4.74 Å². The van der Waals surface area contributed by atoms with E-state index in [2.05, 4.69) is 74.3 Å². The summed E-state index contributed by atoms with van der Waals surface area (Å²) in [7, 11) is 0. The summed E-state index contributed by atoms with van der Waals surface area (Å²) in [4.78, 5) is 4.68. The van der Waals surface area contributed by atoms with E-state index in [1.54, 1.807) is 0 Å². The summed E-state index contributed by atoms with van der Waals surface area (Å²) in [5, 5.41) is 2.47. The summed E-state index contributed by atoms with van der Waals surface area (Å²) >= 11 is 0. The highest BCUT2D eigenvalue weighted by Crippen LogP contribution is 2.32. The second kappa shape index (κ2) is 7.34. The smallest absolute Gasteiger partial charge is 0.128 e. The van der Waals surface area contributed by atoms with Gasteiger partial charge in [-0.3, -0.25) is 4.98 Å². The molecular weight excluding hydrogens is 330 g/mol. The van der Waals surface area contributed by atoms with Crippen LogP contribution >= 0.6 is 0 Å². The van der Waals surface area contributed by atoms with E-state index in [1.165, 1.54) is 47.7 Å². The Bertz CT molecular complexity index is 915. The van der Waals surface area contributed by atoms with Gasteiger partial charge in [-0.1, -0.05) is 58.6 Å². The third-order valence-electron chi connectivity index (χ3n) is 5.73. The van der Waals surface area contributed by atoms with Crippen LogP contribution in [0.1, 0.15) is 57.7 Å². The molecule has 2 nitrogen and oxygen atoms in total. The Morgan fingerprint density at radius 3 is 2.33 bits per heavy atom. The van der Waals surface area contributed by atoms with Gasteiger partial charge in [0, 0.05) is 17.3 Å². The molecule has 0 saturated heterocycles. The number of pyridine rings is 1. The maximum Gasteiger partial charge on any atom is 0.128 e. The highest BCUT2D eigenvalue weighted by atomic mass is 16.5. The number of aromatic nitrogens is 1. The molecule has 1 heterocycles. The van der Waals surface area contributed by atoms with Crippen molar-refractivity contribution in [1.29, 1.82) is 0 Å². The highest BCUT2D eigenvalue weighted by molar-refractivity contribution is 5.85. The third kappa shape index (κ3) is 4.16. The summed E-state index contributed by atoms with van der Waals surface area (Å²) in [6, 6.07) is 16.9. The average Bonchev–Trinajstić information content (AvgIpc) is 3.15. The van der Waals surface area contributed by atoms with Crippen LogP contribution in [-0.4, -0.2) is 4.98 Å².